The van der Waals surface area contributed by atoms with E-state index >= 15 is 0 Å². The second-order valence-corrected chi connectivity index (χ2v) is 8.90. The molecular weight excluding hydrogens is 514 g/mol. The van der Waals surface area contributed by atoms with Crippen LogP contribution < -0.4 is 10.1 Å². The summed E-state index contributed by atoms with van der Waals surface area (Å²) in [4.78, 5) is 20.8. The SMILES string of the molecule is Cc1cc(-c2ncnn2C)c2cccc(OCc3c(Cl)cc(F)cc3[C@H](C)NC(=O)CC(F)(F)F)c2n1. The monoisotopic (exact) mass is 535 g/mol. The van der Waals surface area contributed by atoms with Crippen molar-refractivity contribution in [2.75, 3.05) is 0 Å². The van der Waals surface area contributed by atoms with Crippen molar-refractivity contribution in [2.45, 2.75) is 39.1 Å². The van der Waals surface area contributed by atoms with Crippen molar-refractivity contribution in [3.05, 3.63) is 70.4 Å². The highest BCUT2D eigenvalue weighted by Crippen LogP contribution is 2.34. The molecule has 1 atom stereocenters. The number of carbonyl (C=O) groups excluding carboxylic acids is 1. The molecule has 0 saturated heterocycles. The summed E-state index contributed by atoms with van der Waals surface area (Å²) in [7, 11) is 1.77. The highest BCUT2D eigenvalue weighted by atomic mass is 35.5. The highest BCUT2D eigenvalue weighted by molar-refractivity contribution is 6.31. The summed E-state index contributed by atoms with van der Waals surface area (Å²) in [6.07, 6.45) is -4.87. The Morgan fingerprint density at radius 3 is 2.68 bits per heavy atom. The number of pyridine rings is 1. The number of halogens is 5. The highest BCUT2D eigenvalue weighted by Gasteiger charge is 2.32. The van der Waals surface area contributed by atoms with Crippen LogP contribution in [0.1, 0.15) is 36.2 Å². The Labute approximate surface area is 214 Å². The Morgan fingerprint density at radius 2 is 2.00 bits per heavy atom. The Balaban J connectivity index is 1.67. The van der Waals surface area contributed by atoms with Gasteiger partial charge in [0, 0.05) is 29.3 Å². The first kappa shape index (κ1) is 26.3. The zero-order chi connectivity index (χ0) is 26.9. The molecule has 0 bridgehead atoms. The number of nitrogens with zero attached hydrogens (tertiary/aromatic N) is 4. The molecule has 0 aliphatic rings. The molecule has 0 saturated carbocycles. The number of aryl methyl sites for hydroxylation is 2. The summed E-state index contributed by atoms with van der Waals surface area (Å²) >= 11 is 6.30. The van der Waals surface area contributed by atoms with Gasteiger partial charge in [-0.25, -0.2) is 19.0 Å². The summed E-state index contributed by atoms with van der Waals surface area (Å²) in [5.74, 6) is -0.890. The Bertz CT molecular complexity index is 1470. The molecule has 194 valence electrons. The number of benzene rings is 2. The van der Waals surface area contributed by atoms with E-state index in [4.69, 9.17) is 16.3 Å². The lowest BCUT2D eigenvalue weighted by molar-refractivity contribution is -0.154. The van der Waals surface area contributed by atoms with Crippen LogP contribution >= 0.6 is 11.6 Å². The van der Waals surface area contributed by atoms with Crippen LogP contribution in [0, 0.1) is 12.7 Å². The second kappa shape index (κ2) is 10.3. The van der Waals surface area contributed by atoms with Crippen LogP contribution in [0.15, 0.2) is 42.7 Å². The van der Waals surface area contributed by atoms with Gasteiger partial charge in [-0.3, -0.25) is 4.79 Å². The summed E-state index contributed by atoms with van der Waals surface area (Å²) in [6, 6.07) is 8.47. The fraction of sp³-hybridized carbons (Fsp3) is 0.280. The summed E-state index contributed by atoms with van der Waals surface area (Å²) in [6.45, 7) is 3.12. The van der Waals surface area contributed by atoms with Gasteiger partial charge >= 0.3 is 6.18 Å². The quantitative estimate of drug-likeness (QED) is 0.301. The first-order valence-corrected chi connectivity index (χ1v) is 11.5. The molecule has 0 radical (unpaired) electrons. The number of aromatic nitrogens is 4. The number of rotatable bonds is 7. The van der Waals surface area contributed by atoms with Crippen molar-refractivity contribution in [1.29, 1.82) is 0 Å². The predicted octanol–water partition coefficient (Wildman–Crippen LogP) is 5.84. The van der Waals surface area contributed by atoms with Crippen LogP contribution in [0.5, 0.6) is 5.75 Å². The minimum atomic E-state index is -4.67. The smallest absolute Gasteiger partial charge is 0.397 e. The minimum absolute atomic E-state index is 0.0103. The maximum Gasteiger partial charge on any atom is 0.397 e. The minimum Gasteiger partial charge on any atom is -0.487 e. The summed E-state index contributed by atoms with van der Waals surface area (Å²) in [5.41, 5.74) is 2.58. The third kappa shape index (κ3) is 5.99. The number of para-hydroxylation sites is 1. The number of alkyl halides is 3. The molecule has 1 amide bonds. The second-order valence-electron chi connectivity index (χ2n) is 8.50. The Hall–Kier alpha value is -3.73. The molecule has 2 aromatic heterocycles. The van der Waals surface area contributed by atoms with Crippen molar-refractivity contribution in [2.24, 2.45) is 7.05 Å². The van der Waals surface area contributed by atoms with Gasteiger partial charge in [0.05, 0.1) is 11.1 Å². The lowest BCUT2D eigenvalue weighted by Crippen LogP contribution is -2.31. The third-order valence-electron chi connectivity index (χ3n) is 5.65. The van der Waals surface area contributed by atoms with Gasteiger partial charge in [0.25, 0.3) is 0 Å². The van der Waals surface area contributed by atoms with Crippen LogP contribution in [0.3, 0.4) is 0 Å². The lowest BCUT2D eigenvalue weighted by Gasteiger charge is -2.20. The third-order valence-corrected chi connectivity index (χ3v) is 5.99. The average molecular weight is 536 g/mol. The Morgan fingerprint density at radius 1 is 1.24 bits per heavy atom. The van der Waals surface area contributed by atoms with Gasteiger partial charge < -0.3 is 10.1 Å². The van der Waals surface area contributed by atoms with Crippen molar-refractivity contribution >= 4 is 28.4 Å². The molecule has 0 spiro atoms. The molecule has 4 rings (SSSR count). The van der Waals surface area contributed by atoms with Crippen molar-refractivity contribution in [1.82, 2.24) is 25.1 Å². The van der Waals surface area contributed by atoms with E-state index in [1.807, 2.05) is 19.1 Å². The molecule has 0 unspecified atom stereocenters. The molecule has 12 heteroatoms. The number of fused-ring (bicyclic) bond motifs is 1. The van der Waals surface area contributed by atoms with Gasteiger partial charge in [-0.2, -0.15) is 18.3 Å². The van der Waals surface area contributed by atoms with Gasteiger partial charge in [0.15, 0.2) is 5.82 Å². The van der Waals surface area contributed by atoms with E-state index in [-0.39, 0.29) is 17.2 Å². The van der Waals surface area contributed by atoms with Gasteiger partial charge in [-0.05, 0) is 43.7 Å². The van der Waals surface area contributed by atoms with Gasteiger partial charge in [0.1, 0.15) is 36.4 Å². The Kier molecular flexibility index (Phi) is 7.35. The predicted molar refractivity (Wildman–Crippen MR) is 129 cm³/mol. The van der Waals surface area contributed by atoms with Crippen molar-refractivity contribution in [3.8, 4) is 17.1 Å². The number of carbonyl (C=O) groups is 1. The fourth-order valence-electron chi connectivity index (χ4n) is 4.06. The van der Waals surface area contributed by atoms with Crippen molar-refractivity contribution in [3.63, 3.8) is 0 Å². The zero-order valence-corrected chi connectivity index (χ0v) is 20.8. The zero-order valence-electron chi connectivity index (χ0n) is 20.0. The molecule has 0 fully saturated rings. The summed E-state index contributed by atoms with van der Waals surface area (Å²) in [5, 5.41) is 7.14. The first-order chi connectivity index (χ1) is 17.4. The summed E-state index contributed by atoms with van der Waals surface area (Å²) < 4.78 is 59.6. The normalized spacial score (nSPS) is 12.5. The van der Waals surface area contributed by atoms with Crippen LogP contribution in [0.25, 0.3) is 22.3 Å². The van der Waals surface area contributed by atoms with Crippen LogP contribution in [0.2, 0.25) is 5.02 Å². The molecule has 1 N–H and O–H groups in total. The number of hydrogen-bond acceptors (Lipinski definition) is 5. The number of nitrogens with one attached hydrogen (secondary N) is 1. The van der Waals surface area contributed by atoms with Crippen LogP contribution in [-0.2, 0) is 18.4 Å². The number of hydrogen-bond donors (Lipinski definition) is 1. The molecule has 0 aliphatic carbocycles. The molecule has 7 nitrogen and oxygen atoms in total. The lowest BCUT2D eigenvalue weighted by atomic mass is 10.0. The van der Waals surface area contributed by atoms with Crippen molar-refractivity contribution < 1.29 is 27.1 Å². The molecule has 4 aromatic rings. The molecule has 37 heavy (non-hydrogen) atoms. The average Bonchev–Trinajstić information content (AvgIpc) is 3.21. The van der Waals surface area contributed by atoms with Crippen LogP contribution in [0.4, 0.5) is 17.6 Å². The maximum atomic E-state index is 14.2. The van der Waals surface area contributed by atoms with Gasteiger partial charge in [-0.15, -0.1) is 0 Å². The molecule has 0 aliphatic heterocycles. The first-order valence-electron chi connectivity index (χ1n) is 11.1. The molecule has 2 heterocycles. The standard InChI is InChI=1S/C25H22ClF4N5O2/c1-13-7-18(24-31-12-32-35(24)3)16-5-4-6-21(23(16)33-13)37-11-19-17(8-15(27)9-20(19)26)14(2)34-22(36)10-25(28,29)30/h4-9,12,14H,10-11H2,1-3H3,(H,34,36)/t14-/m0/s1. The van der Waals surface area contributed by atoms with E-state index in [2.05, 4.69) is 20.4 Å². The fourth-order valence-corrected chi connectivity index (χ4v) is 4.32. The topological polar surface area (TPSA) is 81.9 Å². The van der Waals surface area contributed by atoms with E-state index in [0.717, 1.165) is 23.1 Å². The van der Waals surface area contributed by atoms with Crippen LogP contribution in [-0.4, -0.2) is 31.8 Å². The van der Waals surface area contributed by atoms with E-state index in [1.165, 1.54) is 13.3 Å². The largest absolute Gasteiger partial charge is 0.487 e. The van der Waals surface area contributed by atoms with E-state index in [0.29, 0.717) is 28.3 Å². The van der Waals surface area contributed by atoms with Gasteiger partial charge in [-0.1, -0.05) is 23.7 Å². The molecule has 2 aromatic carbocycles. The van der Waals surface area contributed by atoms with E-state index in [9.17, 15) is 22.4 Å². The van der Waals surface area contributed by atoms with E-state index < -0.39 is 30.4 Å². The van der Waals surface area contributed by atoms with E-state index in [1.54, 1.807) is 23.9 Å². The maximum absolute atomic E-state index is 14.2. The van der Waals surface area contributed by atoms with Gasteiger partial charge in [0.2, 0.25) is 5.91 Å². The number of amides is 1. The number of ether oxygens (including phenoxy) is 1. The molecular formula is C25H22ClF4N5O2.